The van der Waals surface area contributed by atoms with E-state index < -0.39 is 0 Å². The van der Waals surface area contributed by atoms with Crippen molar-refractivity contribution >= 4 is 57.9 Å². The Morgan fingerprint density at radius 3 is 1.00 bits per heavy atom. The van der Waals surface area contributed by atoms with E-state index in [4.69, 9.17) is 23.2 Å². The van der Waals surface area contributed by atoms with Crippen LogP contribution in [0.2, 0.25) is 0 Å². The summed E-state index contributed by atoms with van der Waals surface area (Å²) in [6.45, 7) is 0. The Kier molecular flexibility index (Phi) is 298. The molecule has 0 rings (SSSR count). The second-order valence-corrected chi connectivity index (χ2v) is 0.909. The quantitative estimate of drug-likeness (QED) is 0.356. The minimum Gasteiger partial charge on any atom is -0.153 e. The van der Waals surface area contributed by atoms with Crippen LogP contribution in [0.3, 0.4) is 0 Å². The number of hydrogen-bond donors (Lipinski definition) is 0. The maximum absolute atomic E-state index is 4.76. The van der Waals surface area contributed by atoms with E-state index >= 15 is 0 Å². The zero-order valence-corrected chi connectivity index (χ0v) is 10.9. The summed E-state index contributed by atoms with van der Waals surface area (Å²) >= 11 is 9.53. The van der Waals surface area contributed by atoms with E-state index in [1.54, 1.807) is 0 Å². The fourth-order valence-corrected chi connectivity index (χ4v) is 0. The van der Waals surface area contributed by atoms with Crippen LogP contribution >= 0.6 is 57.9 Å². The molecule has 0 fully saturated rings. The van der Waals surface area contributed by atoms with Crippen LogP contribution in [-0.4, -0.2) is 5.34 Å². The molecule has 0 bridgehead atoms. The van der Waals surface area contributed by atoms with Gasteiger partial charge in [-0.1, -0.05) is 0 Å². The van der Waals surface area contributed by atoms with E-state index in [1.807, 2.05) is 0 Å². The van der Waals surface area contributed by atoms with E-state index in [-0.39, 0.29) is 77.5 Å². The van der Waals surface area contributed by atoms with Crippen LogP contribution in [0.4, 0.5) is 0 Å². The summed E-state index contributed by atoms with van der Waals surface area (Å²) in [5, 5.41) is 0.194. The molecule has 0 saturated heterocycles. The molecule has 0 amide bonds. The molecular formula is CH7Cl4FePPd. The van der Waals surface area contributed by atoms with Crippen molar-refractivity contribution in [2.45, 2.75) is 0 Å². The summed E-state index contributed by atoms with van der Waals surface area (Å²) < 4.78 is 0. The second kappa shape index (κ2) is 52.9. The van der Waals surface area contributed by atoms with Crippen LogP contribution in [0.25, 0.3) is 0 Å². The van der Waals surface area contributed by atoms with Gasteiger partial charge < -0.3 is 0 Å². The minimum atomic E-state index is 0. The van der Waals surface area contributed by atoms with Crippen LogP contribution < -0.4 is 0 Å². The SMILES string of the molecule is Cl.Cl.ClCCl.P.[Fe].[Pd]. The third-order valence-corrected chi connectivity index (χ3v) is 0. The molecule has 0 nitrogen and oxygen atoms in total. The van der Waals surface area contributed by atoms with Gasteiger partial charge >= 0.3 is 0 Å². The molecule has 0 N–H and O–H groups in total. The first-order valence-electron chi connectivity index (χ1n) is 0.535. The van der Waals surface area contributed by atoms with E-state index in [0.29, 0.717) is 0 Å². The van der Waals surface area contributed by atoms with Crippen LogP contribution in [0.5, 0.6) is 0 Å². The van der Waals surface area contributed by atoms with Crippen molar-refractivity contribution in [2.24, 2.45) is 0 Å². The molecule has 0 aliphatic heterocycles. The third kappa shape index (κ3) is 69.0. The Morgan fingerprint density at radius 2 is 1.00 bits per heavy atom. The van der Waals surface area contributed by atoms with Crippen LogP contribution in [0.15, 0.2) is 0 Å². The molecule has 0 saturated carbocycles. The minimum absolute atomic E-state index is 0. The zero-order chi connectivity index (χ0) is 2.71. The molecule has 1 atom stereocenters. The zero-order valence-electron chi connectivity index (χ0n) is 3.66. The van der Waals surface area contributed by atoms with E-state index in [9.17, 15) is 0 Å². The van der Waals surface area contributed by atoms with E-state index in [2.05, 4.69) is 0 Å². The Labute approximate surface area is 99.8 Å². The monoisotopic (exact) mass is 352 g/mol. The number of alkyl halides is 2. The molecular weight excluding hydrogens is 347 g/mol. The predicted octanol–water partition coefficient (Wildman–Crippen LogP) is 2.32. The molecule has 0 aliphatic rings. The topological polar surface area (TPSA) is 0 Å². The van der Waals surface area contributed by atoms with Crippen LogP contribution in [-0.2, 0) is 37.5 Å². The standard InChI is InChI=1S/CH2Cl2.2ClH.Fe.H3P.Pd/c2-1-3;;;;;/h1H2;2*1H;;1H3;. The second-order valence-electron chi connectivity index (χ2n) is 0.101. The van der Waals surface area contributed by atoms with Gasteiger partial charge in [-0.3, -0.25) is 0 Å². The first-order chi connectivity index (χ1) is 1.41. The molecule has 62 valence electrons. The van der Waals surface area contributed by atoms with Crippen molar-refractivity contribution in [3.05, 3.63) is 0 Å². The molecule has 0 spiro atoms. The Hall–Kier alpha value is 2.77. The maximum atomic E-state index is 4.76. The molecule has 8 heavy (non-hydrogen) atoms. The number of hydrogen-bond acceptors (Lipinski definition) is 0. The van der Waals surface area contributed by atoms with Gasteiger partial charge in [0.05, 0.1) is 5.34 Å². The van der Waals surface area contributed by atoms with Gasteiger partial charge in [0.25, 0.3) is 0 Å². The smallest absolute Gasteiger partial charge is 0.0967 e. The number of halogens is 4. The number of rotatable bonds is 0. The van der Waals surface area contributed by atoms with E-state index in [0.717, 1.165) is 0 Å². The normalized spacial score (nSPS) is 2.25. The van der Waals surface area contributed by atoms with E-state index in [1.165, 1.54) is 0 Å². The molecule has 0 aliphatic carbocycles. The van der Waals surface area contributed by atoms with Gasteiger partial charge in [0, 0.05) is 37.5 Å². The van der Waals surface area contributed by atoms with Gasteiger partial charge in [0.1, 0.15) is 0 Å². The van der Waals surface area contributed by atoms with Gasteiger partial charge in [-0.25, -0.2) is 0 Å². The van der Waals surface area contributed by atoms with Gasteiger partial charge in [0.2, 0.25) is 0 Å². The van der Waals surface area contributed by atoms with Gasteiger partial charge in [0.15, 0.2) is 0 Å². The van der Waals surface area contributed by atoms with Crippen molar-refractivity contribution in [3.63, 3.8) is 0 Å². The summed E-state index contributed by atoms with van der Waals surface area (Å²) in [4.78, 5) is 0. The summed E-state index contributed by atoms with van der Waals surface area (Å²) in [5.74, 6) is 0. The molecule has 7 heteroatoms. The fraction of sp³-hybridized carbons (Fsp3) is 1.00. The average molecular weight is 354 g/mol. The fourth-order valence-electron chi connectivity index (χ4n) is 0. The Bertz CT molecular complexity index is 16.0. The van der Waals surface area contributed by atoms with Gasteiger partial charge in [-0.05, 0) is 0 Å². The maximum Gasteiger partial charge on any atom is 0.0967 e. The summed E-state index contributed by atoms with van der Waals surface area (Å²) in [7, 11) is 0. The van der Waals surface area contributed by atoms with Crippen molar-refractivity contribution in [2.75, 3.05) is 5.34 Å². The molecule has 0 heterocycles. The molecule has 0 aromatic rings. The molecule has 0 radical (unpaired) electrons. The molecule has 0 aromatic heterocycles. The Balaban J connectivity index is -0.00000000200. The van der Waals surface area contributed by atoms with Crippen molar-refractivity contribution in [1.29, 1.82) is 0 Å². The summed E-state index contributed by atoms with van der Waals surface area (Å²) in [5.41, 5.74) is 0. The average Bonchev–Trinajstić information content (AvgIpc) is 0.918. The van der Waals surface area contributed by atoms with Crippen molar-refractivity contribution in [1.82, 2.24) is 0 Å². The van der Waals surface area contributed by atoms with Crippen molar-refractivity contribution in [3.8, 4) is 0 Å². The van der Waals surface area contributed by atoms with Crippen LogP contribution in [0.1, 0.15) is 0 Å². The predicted molar refractivity (Wildman–Crippen MR) is 42.2 cm³/mol. The largest absolute Gasteiger partial charge is 0.153 e. The Morgan fingerprint density at radius 1 is 1.00 bits per heavy atom. The van der Waals surface area contributed by atoms with Gasteiger partial charge in [-0.15, -0.1) is 48.0 Å². The molecule has 0 aromatic carbocycles. The van der Waals surface area contributed by atoms with Crippen molar-refractivity contribution < 1.29 is 37.5 Å². The first-order valence-corrected chi connectivity index (χ1v) is 1.60. The summed E-state index contributed by atoms with van der Waals surface area (Å²) in [6, 6.07) is 0. The summed E-state index contributed by atoms with van der Waals surface area (Å²) in [6.07, 6.45) is 0. The molecule has 1 unspecified atom stereocenters. The third-order valence-electron chi connectivity index (χ3n) is 0. The van der Waals surface area contributed by atoms with Crippen LogP contribution in [0, 0.1) is 0 Å². The first kappa shape index (κ1) is 45.2. The van der Waals surface area contributed by atoms with Gasteiger partial charge in [-0.2, -0.15) is 9.90 Å².